The highest BCUT2D eigenvalue weighted by molar-refractivity contribution is 9.10. The van der Waals surface area contributed by atoms with Crippen LogP contribution in [-0.2, 0) is 5.75 Å². The van der Waals surface area contributed by atoms with Crippen LogP contribution in [0.5, 0.6) is 0 Å². The average molecular weight is 333 g/mol. The second kappa shape index (κ2) is 5.41. The lowest BCUT2D eigenvalue weighted by Crippen LogP contribution is -2.06. The highest BCUT2D eigenvalue weighted by Gasteiger charge is 2.13. The summed E-state index contributed by atoms with van der Waals surface area (Å²) in [7, 11) is 0. The van der Waals surface area contributed by atoms with Gasteiger partial charge in [0.2, 0.25) is 5.95 Å². The van der Waals surface area contributed by atoms with E-state index in [1.807, 2.05) is 4.57 Å². The number of rotatable bonds is 4. The number of hydrogen-bond acceptors (Lipinski definition) is 5. The summed E-state index contributed by atoms with van der Waals surface area (Å²) < 4.78 is 3.08. The van der Waals surface area contributed by atoms with E-state index in [1.165, 1.54) is 4.88 Å². The number of nitrogens with two attached hydrogens (primary N) is 1. The zero-order valence-electron chi connectivity index (χ0n) is 9.55. The largest absolute Gasteiger partial charge is 0.368 e. The smallest absolute Gasteiger partial charge is 0.222 e. The van der Waals surface area contributed by atoms with Gasteiger partial charge in [0.25, 0.3) is 0 Å². The fraction of sp³-hybridized carbons (Fsp3) is 0.400. The molecule has 0 atom stereocenters. The van der Waals surface area contributed by atoms with Gasteiger partial charge in [-0.1, -0.05) is 11.8 Å². The molecule has 0 saturated heterocycles. The molecule has 2 heterocycles. The van der Waals surface area contributed by atoms with Crippen LogP contribution >= 0.6 is 39.0 Å². The second-order valence-electron chi connectivity index (χ2n) is 3.82. The summed E-state index contributed by atoms with van der Waals surface area (Å²) in [5.41, 5.74) is 5.79. The van der Waals surface area contributed by atoms with Crippen molar-refractivity contribution >= 4 is 45.0 Å². The van der Waals surface area contributed by atoms with Gasteiger partial charge in [-0.3, -0.25) is 4.57 Å². The average Bonchev–Trinajstić information content (AvgIpc) is 2.82. The Morgan fingerprint density at radius 2 is 2.29 bits per heavy atom. The maximum Gasteiger partial charge on any atom is 0.222 e. The van der Waals surface area contributed by atoms with Gasteiger partial charge in [-0.05, 0) is 35.8 Å². The highest BCUT2D eigenvalue weighted by Crippen LogP contribution is 2.29. The Hall–Kier alpha value is -0.530. The molecule has 0 unspecified atom stereocenters. The van der Waals surface area contributed by atoms with Crippen LogP contribution in [-0.4, -0.2) is 14.8 Å². The Morgan fingerprint density at radius 3 is 2.88 bits per heavy atom. The number of aromatic nitrogens is 3. The van der Waals surface area contributed by atoms with E-state index in [4.69, 9.17) is 5.73 Å². The van der Waals surface area contributed by atoms with Crippen molar-refractivity contribution in [3.63, 3.8) is 0 Å². The molecular weight excluding hydrogens is 320 g/mol. The number of halogens is 1. The third-order valence-electron chi connectivity index (χ3n) is 2.17. The van der Waals surface area contributed by atoms with Crippen molar-refractivity contribution in [2.75, 3.05) is 5.73 Å². The molecule has 0 aliphatic rings. The molecular formula is C10H13BrN4S2. The van der Waals surface area contributed by atoms with E-state index in [-0.39, 0.29) is 6.04 Å². The summed E-state index contributed by atoms with van der Waals surface area (Å²) in [6, 6.07) is 2.40. The van der Waals surface area contributed by atoms with Crippen LogP contribution in [0.1, 0.15) is 24.8 Å². The number of hydrogen-bond donors (Lipinski definition) is 1. The van der Waals surface area contributed by atoms with E-state index in [2.05, 4.69) is 51.4 Å². The molecule has 7 heteroatoms. The molecule has 0 aromatic carbocycles. The molecule has 0 radical (unpaired) electrons. The SMILES string of the molecule is CC(C)n1c(N)nnc1SCc1cc(Br)cs1. The normalized spacial score (nSPS) is 11.3. The van der Waals surface area contributed by atoms with Crippen molar-refractivity contribution < 1.29 is 0 Å². The van der Waals surface area contributed by atoms with Crippen LogP contribution < -0.4 is 5.73 Å². The van der Waals surface area contributed by atoms with Crippen LogP contribution in [0.25, 0.3) is 0 Å². The first-order valence-electron chi connectivity index (χ1n) is 5.14. The first-order valence-corrected chi connectivity index (χ1v) is 7.80. The molecule has 0 spiro atoms. The van der Waals surface area contributed by atoms with E-state index in [0.29, 0.717) is 5.95 Å². The fourth-order valence-electron chi connectivity index (χ4n) is 1.44. The van der Waals surface area contributed by atoms with Crippen molar-refractivity contribution in [1.29, 1.82) is 0 Å². The summed E-state index contributed by atoms with van der Waals surface area (Å²) in [6.45, 7) is 4.15. The Balaban J connectivity index is 2.09. The van der Waals surface area contributed by atoms with Gasteiger partial charge >= 0.3 is 0 Å². The molecule has 0 fully saturated rings. The van der Waals surface area contributed by atoms with Gasteiger partial charge in [-0.2, -0.15) is 0 Å². The van der Waals surface area contributed by atoms with Gasteiger partial charge in [0.15, 0.2) is 5.16 Å². The number of nitrogen functional groups attached to an aromatic ring is 1. The third kappa shape index (κ3) is 3.02. The fourth-order valence-corrected chi connectivity index (χ4v) is 4.02. The molecule has 2 N–H and O–H groups in total. The Morgan fingerprint density at radius 1 is 1.53 bits per heavy atom. The Labute approximate surface area is 117 Å². The van der Waals surface area contributed by atoms with Crippen LogP contribution in [0.3, 0.4) is 0 Å². The summed E-state index contributed by atoms with van der Waals surface area (Å²) in [4.78, 5) is 1.30. The highest BCUT2D eigenvalue weighted by atomic mass is 79.9. The first kappa shape index (κ1) is 12.9. The molecule has 92 valence electrons. The lowest BCUT2D eigenvalue weighted by Gasteiger charge is -2.10. The molecule has 2 aromatic rings. The van der Waals surface area contributed by atoms with Crippen LogP contribution in [0.2, 0.25) is 0 Å². The molecule has 2 aromatic heterocycles. The molecule has 4 nitrogen and oxygen atoms in total. The number of thioether (sulfide) groups is 1. The van der Waals surface area contributed by atoms with Crippen molar-refractivity contribution in [3.8, 4) is 0 Å². The molecule has 0 bridgehead atoms. The minimum absolute atomic E-state index is 0.280. The summed E-state index contributed by atoms with van der Waals surface area (Å²) in [6.07, 6.45) is 0. The molecule has 0 amide bonds. The number of thiophene rings is 1. The number of anilines is 1. The monoisotopic (exact) mass is 332 g/mol. The van der Waals surface area contributed by atoms with E-state index in [9.17, 15) is 0 Å². The Bertz CT molecular complexity index is 506. The van der Waals surface area contributed by atoms with Crippen molar-refractivity contribution in [1.82, 2.24) is 14.8 Å². The van der Waals surface area contributed by atoms with Gasteiger partial charge in [-0.25, -0.2) is 0 Å². The molecule has 0 saturated carbocycles. The maximum atomic E-state index is 5.79. The summed E-state index contributed by atoms with van der Waals surface area (Å²) >= 11 is 6.84. The van der Waals surface area contributed by atoms with E-state index in [0.717, 1.165) is 15.4 Å². The zero-order valence-corrected chi connectivity index (χ0v) is 12.8. The molecule has 2 rings (SSSR count). The molecule has 17 heavy (non-hydrogen) atoms. The third-order valence-corrected chi connectivity index (χ3v) is 5.04. The minimum atomic E-state index is 0.280. The van der Waals surface area contributed by atoms with Gasteiger partial charge in [-0.15, -0.1) is 21.5 Å². The zero-order chi connectivity index (χ0) is 12.4. The summed E-state index contributed by atoms with van der Waals surface area (Å²) in [5, 5.41) is 11.0. The first-order chi connectivity index (χ1) is 8.08. The van der Waals surface area contributed by atoms with Crippen molar-refractivity contribution in [2.45, 2.75) is 30.8 Å². The molecule has 0 aliphatic heterocycles. The minimum Gasteiger partial charge on any atom is -0.368 e. The Kier molecular flexibility index (Phi) is 4.11. The van der Waals surface area contributed by atoms with Gasteiger partial charge in [0.1, 0.15) is 0 Å². The van der Waals surface area contributed by atoms with Gasteiger partial charge in [0.05, 0.1) is 0 Å². The molecule has 0 aliphatic carbocycles. The second-order valence-corrected chi connectivity index (χ2v) is 6.68. The van der Waals surface area contributed by atoms with Crippen LogP contribution in [0, 0.1) is 0 Å². The van der Waals surface area contributed by atoms with Crippen molar-refractivity contribution in [3.05, 3.63) is 20.8 Å². The summed E-state index contributed by atoms with van der Waals surface area (Å²) in [5.74, 6) is 1.37. The van der Waals surface area contributed by atoms with E-state index < -0.39 is 0 Å². The van der Waals surface area contributed by atoms with Gasteiger partial charge in [0, 0.05) is 26.5 Å². The van der Waals surface area contributed by atoms with Crippen LogP contribution in [0.4, 0.5) is 5.95 Å². The van der Waals surface area contributed by atoms with E-state index in [1.54, 1.807) is 23.1 Å². The predicted molar refractivity (Wildman–Crippen MR) is 76.4 cm³/mol. The maximum absolute atomic E-state index is 5.79. The number of nitrogens with zero attached hydrogens (tertiary/aromatic N) is 3. The lowest BCUT2D eigenvalue weighted by molar-refractivity contribution is 0.557. The van der Waals surface area contributed by atoms with Crippen LogP contribution in [0.15, 0.2) is 21.1 Å². The lowest BCUT2D eigenvalue weighted by atomic mass is 10.4. The van der Waals surface area contributed by atoms with Gasteiger partial charge < -0.3 is 5.73 Å². The van der Waals surface area contributed by atoms with E-state index >= 15 is 0 Å². The standard InChI is InChI=1S/C10H13BrN4S2/c1-6(2)15-9(12)13-14-10(15)17-5-8-3-7(11)4-16-8/h3-4,6H,5H2,1-2H3,(H2,12,13). The van der Waals surface area contributed by atoms with Crippen molar-refractivity contribution in [2.24, 2.45) is 0 Å². The quantitative estimate of drug-likeness (QED) is 0.869. The predicted octanol–water partition coefficient (Wildman–Crippen LogP) is 3.56. The topological polar surface area (TPSA) is 56.7 Å².